The van der Waals surface area contributed by atoms with E-state index in [-0.39, 0.29) is 37.0 Å². The minimum Gasteiger partial charge on any atom is -0.467 e. The normalized spacial score (nSPS) is 11.4. The van der Waals surface area contributed by atoms with Crippen LogP contribution in [-0.4, -0.2) is 29.3 Å². The summed E-state index contributed by atoms with van der Waals surface area (Å²) >= 11 is 0. The summed E-state index contributed by atoms with van der Waals surface area (Å²) < 4.78 is 5.11. The van der Waals surface area contributed by atoms with Crippen molar-refractivity contribution >= 4 is 23.2 Å². The molecular weight excluding hydrogens is 340 g/mol. The Hall–Kier alpha value is -3.36. The highest BCUT2D eigenvalue weighted by atomic mass is 16.6. The van der Waals surface area contributed by atoms with Gasteiger partial charge in [-0.05, 0) is 25.1 Å². The van der Waals surface area contributed by atoms with E-state index in [0.717, 1.165) is 0 Å². The summed E-state index contributed by atoms with van der Waals surface area (Å²) in [5.41, 5.74) is 0.285. The Kier molecular flexibility index (Phi) is 6.72. The topological polar surface area (TPSA) is 127 Å². The number of anilines is 1. The number of hydrogen-bond donors (Lipinski definition) is 3. The van der Waals surface area contributed by atoms with Crippen LogP contribution in [0.25, 0.3) is 0 Å². The fraction of sp³-hybridized carbons (Fsp3) is 0.294. The molecule has 3 N–H and O–H groups in total. The molecule has 0 radical (unpaired) electrons. The maximum atomic E-state index is 11.9. The molecule has 0 saturated carbocycles. The van der Waals surface area contributed by atoms with Gasteiger partial charge in [-0.15, -0.1) is 0 Å². The van der Waals surface area contributed by atoms with E-state index in [9.17, 15) is 19.7 Å². The fourth-order valence-corrected chi connectivity index (χ4v) is 2.21. The second-order valence-electron chi connectivity index (χ2n) is 5.54. The van der Waals surface area contributed by atoms with Gasteiger partial charge >= 0.3 is 0 Å². The van der Waals surface area contributed by atoms with Crippen molar-refractivity contribution in [3.8, 4) is 0 Å². The molecule has 0 aliphatic heterocycles. The Labute approximate surface area is 149 Å². The molecule has 0 aliphatic rings. The second-order valence-corrected chi connectivity index (χ2v) is 5.54. The predicted octanol–water partition coefficient (Wildman–Crippen LogP) is 1.81. The van der Waals surface area contributed by atoms with Gasteiger partial charge in [0.25, 0.3) is 5.69 Å². The Morgan fingerprint density at radius 2 is 2.00 bits per heavy atom. The lowest BCUT2D eigenvalue weighted by Crippen LogP contribution is -2.44. The van der Waals surface area contributed by atoms with Crippen LogP contribution in [-0.2, 0) is 16.1 Å². The number of nitrogens with one attached hydrogen (secondary N) is 3. The van der Waals surface area contributed by atoms with E-state index in [0.29, 0.717) is 11.4 Å². The number of rotatable bonds is 9. The quantitative estimate of drug-likeness (QED) is 0.462. The van der Waals surface area contributed by atoms with Gasteiger partial charge in [-0.2, -0.15) is 0 Å². The molecule has 1 unspecified atom stereocenters. The zero-order valence-corrected chi connectivity index (χ0v) is 14.2. The van der Waals surface area contributed by atoms with E-state index in [1.54, 1.807) is 37.3 Å². The van der Waals surface area contributed by atoms with Gasteiger partial charge in [-0.3, -0.25) is 19.7 Å². The Bertz CT molecular complexity index is 760. The largest absolute Gasteiger partial charge is 0.467 e. The van der Waals surface area contributed by atoms with Crippen molar-refractivity contribution in [1.29, 1.82) is 0 Å². The lowest BCUT2D eigenvalue weighted by molar-refractivity contribution is -0.384. The molecule has 9 nitrogen and oxygen atoms in total. The maximum Gasteiger partial charge on any atom is 0.292 e. The number of carbonyl (C=O) groups excluding carboxylic acids is 2. The average Bonchev–Trinajstić information content (AvgIpc) is 3.13. The molecule has 0 saturated heterocycles. The zero-order valence-electron chi connectivity index (χ0n) is 14.2. The highest BCUT2D eigenvalue weighted by Gasteiger charge is 2.16. The Morgan fingerprint density at radius 3 is 2.69 bits per heavy atom. The van der Waals surface area contributed by atoms with Gasteiger partial charge in [-0.1, -0.05) is 12.1 Å². The van der Waals surface area contributed by atoms with Crippen LogP contribution >= 0.6 is 0 Å². The maximum absolute atomic E-state index is 11.9. The van der Waals surface area contributed by atoms with Crippen molar-refractivity contribution in [2.24, 2.45) is 0 Å². The van der Waals surface area contributed by atoms with E-state index >= 15 is 0 Å². The summed E-state index contributed by atoms with van der Waals surface area (Å²) in [6, 6.07) is 8.94. The highest BCUT2D eigenvalue weighted by Crippen LogP contribution is 2.22. The summed E-state index contributed by atoms with van der Waals surface area (Å²) in [6.45, 7) is 2.02. The summed E-state index contributed by atoms with van der Waals surface area (Å²) in [5.74, 6) is -0.0522. The van der Waals surface area contributed by atoms with Crippen LogP contribution in [0.2, 0.25) is 0 Å². The number of carbonyl (C=O) groups is 2. The van der Waals surface area contributed by atoms with Crippen LogP contribution in [0.3, 0.4) is 0 Å². The van der Waals surface area contributed by atoms with Crippen LogP contribution in [0.4, 0.5) is 11.4 Å². The van der Waals surface area contributed by atoms with Gasteiger partial charge in [0.1, 0.15) is 17.5 Å². The number of benzene rings is 1. The van der Waals surface area contributed by atoms with Crippen LogP contribution in [0.1, 0.15) is 19.1 Å². The molecule has 0 spiro atoms. The van der Waals surface area contributed by atoms with E-state index < -0.39 is 11.0 Å². The van der Waals surface area contributed by atoms with Crippen molar-refractivity contribution < 1.29 is 18.9 Å². The molecule has 2 rings (SSSR count). The average molecular weight is 360 g/mol. The third-order valence-corrected chi connectivity index (χ3v) is 3.56. The molecule has 138 valence electrons. The number of furan rings is 1. The van der Waals surface area contributed by atoms with E-state index in [1.807, 2.05) is 0 Å². The van der Waals surface area contributed by atoms with Gasteiger partial charge in [0.05, 0.1) is 17.7 Å². The first-order chi connectivity index (χ1) is 12.5. The molecule has 9 heteroatoms. The van der Waals surface area contributed by atoms with Crippen LogP contribution < -0.4 is 16.0 Å². The first-order valence-corrected chi connectivity index (χ1v) is 8.04. The lowest BCUT2D eigenvalue weighted by atomic mass is 10.2. The molecule has 1 heterocycles. The lowest BCUT2D eigenvalue weighted by Gasteiger charge is -2.14. The van der Waals surface area contributed by atoms with E-state index in [1.165, 1.54) is 12.3 Å². The molecule has 2 aromatic rings. The van der Waals surface area contributed by atoms with E-state index in [4.69, 9.17) is 4.42 Å². The fourth-order valence-electron chi connectivity index (χ4n) is 2.21. The standard InChI is InChI=1S/C17H20N4O5/c1-12(17(23)19-11-13-5-4-10-26-13)20-16(22)8-9-18-14-6-2-3-7-15(14)21(24)25/h2-7,10,12,18H,8-9,11H2,1H3,(H,19,23)(H,20,22). The molecule has 1 aromatic heterocycles. The number of nitro groups is 1. The minimum atomic E-state index is -0.705. The number of hydrogen-bond acceptors (Lipinski definition) is 6. The molecule has 0 bridgehead atoms. The first-order valence-electron chi connectivity index (χ1n) is 8.04. The third-order valence-electron chi connectivity index (χ3n) is 3.56. The second kappa shape index (κ2) is 9.21. The minimum absolute atomic E-state index is 0.0569. The van der Waals surface area contributed by atoms with Gasteiger partial charge in [0, 0.05) is 19.0 Å². The predicted molar refractivity (Wildman–Crippen MR) is 94.4 cm³/mol. The number of nitro benzene ring substituents is 1. The monoisotopic (exact) mass is 360 g/mol. The molecule has 1 aromatic carbocycles. The summed E-state index contributed by atoms with van der Waals surface area (Å²) in [6.07, 6.45) is 1.58. The molecular formula is C17H20N4O5. The van der Waals surface area contributed by atoms with Crippen LogP contribution in [0.15, 0.2) is 47.1 Å². The van der Waals surface area contributed by atoms with Crippen molar-refractivity contribution in [2.45, 2.75) is 25.9 Å². The summed E-state index contributed by atoms with van der Waals surface area (Å²) in [4.78, 5) is 34.3. The van der Waals surface area contributed by atoms with Gasteiger partial charge in [0.15, 0.2) is 0 Å². The molecule has 2 amide bonds. The molecule has 26 heavy (non-hydrogen) atoms. The summed E-state index contributed by atoms with van der Waals surface area (Å²) in [5, 5.41) is 19.0. The summed E-state index contributed by atoms with van der Waals surface area (Å²) in [7, 11) is 0. The third kappa shape index (κ3) is 5.62. The van der Waals surface area contributed by atoms with Crippen LogP contribution in [0, 0.1) is 10.1 Å². The zero-order chi connectivity index (χ0) is 18.9. The van der Waals surface area contributed by atoms with Gasteiger partial charge in [0.2, 0.25) is 11.8 Å². The van der Waals surface area contributed by atoms with Gasteiger partial charge < -0.3 is 20.4 Å². The van der Waals surface area contributed by atoms with Crippen molar-refractivity contribution in [3.05, 3.63) is 58.5 Å². The van der Waals surface area contributed by atoms with Crippen molar-refractivity contribution in [2.75, 3.05) is 11.9 Å². The molecule has 0 fully saturated rings. The van der Waals surface area contributed by atoms with Crippen molar-refractivity contribution in [1.82, 2.24) is 10.6 Å². The number of para-hydroxylation sites is 2. The molecule has 1 atom stereocenters. The van der Waals surface area contributed by atoms with Crippen LogP contribution in [0.5, 0.6) is 0 Å². The number of nitrogens with zero attached hydrogens (tertiary/aromatic N) is 1. The van der Waals surface area contributed by atoms with Gasteiger partial charge in [-0.25, -0.2) is 0 Å². The first kappa shape index (κ1) is 19.0. The molecule has 0 aliphatic carbocycles. The smallest absolute Gasteiger partial charge is 0.292 e. The van der Waals surface area contributed by atoms with Crippen molar-refractivity contribution in [3.63, 3.8) is 0 Å². The number of amides is 2. The van der Waals surface area contributed by atoms with E-state index in [2.05, 4.69) is 16.0 Å². The Balaban J connectivity index is 1.72. The highest BCUT2D eigenvalue weighted by molar-refractivity contribution is 5.87. The Morgan fingerprint density at radius 1 is 1.23 bits per heavy atom. The SMILES string of the molecule is CC(NC(=O)CCNc1ccccc1[N+](=O)[O-])C(=O)NCc1ccco1.